The highest BCUT2D eigenvalue weighted by molar-refractivity contribution is 7.92. The monoisotopic (exact) mass is 309 g/mol. The highest BCUT2D eigenvalue weighted by Gasteiger charge is 2.34. The summed E-state index contributed by atoms with van der Waals surface area (Å²) in [4.78, 5) is 14.1. The Hall–Kier alpha value is -1.40. The Morgan fingerprint density at radius 1 is 1.33 bits per heavy atom. The molecule has 2 aliphatic heterocycles. The fourth-order valence-electron chi connectivity index (χ4n) is 2.96. The maximum absolute atomic E-state index is 12.4. The van der Waals surface area contributed by atoms with E-state index >= 15 is 0 Å². The molecule has 114 valence electrons. The molecule has 1 aromatic rings. The van der Waals surface area contributed by atoms with Crippen LogP contribution in [0.2, 0.25) is 0 Å². The number of benzene rings is 1. The minimum absolute atomic E-state index is 0.214. The van der Waals surface area contributed by atoms with Crippen LogP contribution in [0.1, 0.15) is 18.4 Å². The standard InChI is InChI=1S/C15H19NO4S/c17-15(11-21(18,19)13-7-9-20-10-13)16-8-3-5-12-4-1-2-6-14(12)16/h1-2,4,6,13H,3,5,7-11H2. The number of nitrogens with zero attached hydrogens (tertiary/aromatic N) is 1. The average molecular weight is 309 g/mol. The van der Waals surface area contributed by atoms with E-state index in [0.29, 0.717) is 19.6 Å². The summed E-state index contributed by atoms with van der Waals surface area (Å²) in [5, 5.41) is -0.526. The van der Waals surface area contributed by atoms with Gasteiger partial charge >= 0.3 is 0 Å². The molecular formula is C15H19NO4S. The SMILES string of the molecule is O=C(CS(=O)(=O)C1CCOC1)N1CCCc2ccccc21. The molecule has 0 bridgehead atoms. The van der Waals surface area contributed by atoms with Gasteiger partial charge in [0.1, 0.15) is 5.75 Å². The molecule has 0 N–H and O–H groups in total. The minimum atomic E-state index is -3.43. The van der Waals surface area contributed by atoms with Gasteiger partial charge < -0.3 is 9.64 Å². The summed E-state index contributed by atoms with van der Waals surface area (Å²) in [6.45, 7) is 1.27. The topological polar surface area (TPSA) is 63.7 Å². The van der Waals surface area contributed by atoms with Crippen LogP contribution in [0.3, 0.4) is 0 Å². The van der Waals surface area contributed by atoms with Crippen molar-refractivity contribution in [2.24, 2.45) is 0 Å². The normalized spacial score (nSPS) is 22.1. The molecule has 1 atom stereocenters. The van der Waals surface area contributed by atoms with Gasteiger partial charge in [-0.1, -0.05) is 18.2 Å². The Balaban J connectivity index is 1.77. The Morgan fingerprint density at radius 3 is 2.90 bits per heavy atom. The molecule has 21 heavy (non-hydrogen) atoms. The van der Waals surface area contributed by atoms with Gasteiger partial charge in [-0.05, 0) is 30.9 Å². The molecule has 0 aliphatic carbocycles. The van der Waals surface area contributed by atoms with E-state index < -0.39 is 20.8 Å². The quantitative estimate of drug-likeness (QED) is 0.841. The first-order valence-corrected chi connectivity index (χ1v) is 8.97. The number of anilines is 1. The van der Waals surface area contributed by atoms with Crippen molar-refractivity contribution >= 4 is 21.4 Å². The third-order valence-corrected chi connectivity index (χ3v) is 6.17. The van der Waals surface area contributed by atoms with Gasteiger partial charge in [-0.3, -0.25) is 4.79 Å². The van der Waals surface area contributed by atoms with Crippen LogP contribution in [0.25, 0.3) is 0 Å². The number of carbonyl (C=O) groups is 1. The molecule has 1 unspecified atom stereocenters. The number of para-hydroxylation sites is 1. The van der Waals surface area contributed by atoms with Gasteiger partial charge in [0.25, 0.3) is 0 Å². The van der Waals surface area contributed by atoms with Crippen LogP contribution in [-0.2, 0) is 25.8 Å². The smallest absolute Gasteiger partial charge is 0.242 e. The van der Waals surface area contributed by atoms with Gasteiger partial charge in [0, 0.05) is 18.8 Å². The molecule has 0 radical (unpaired) electrons. The van der Waals surface area contributed by atoms with Crippen molar-refractivity contribution < 1.29 is 17.9 Å². The van der Waals surface area contributed by atoms with Gasteiger partial charge in [-0.15, -0.1) is 0 Å². The van der Waals surface area contributed by atoms with E-state index in [-0.39, 0.29) is 12.5 Å². The van der Waals surface area contributed by atoms with E-state index in [4.69, 9.17) is 4.74 Å². The third kappa shape index (κ3) is 2.96. The largest absolute Gasteiger partial charge is 0.380 e. The summed E-state index contributed by atoms with van der Waals surface area (Å²) < 4.78 is 29.7. The zero-order valence-electron chi connectivity index (χ0n) is 11.8. The minimum Gasteiger partial charge on any atom is -0.380 e. The Morgan fingerprint density at radius 2 is 2.14 bits per heavy atom. The second-order valence-electron chi connectivity index (χ2n) is 5.57. The lowest BCUT2D eigenvalue weighted by molar-refractivity contribution is -0.116. The van der Waals surface area contributed by atoms with Crippen molar-refractivity contribution in [3.05, 3.63) is 29.8 Å². The van der Waals surface area contributed by atoms with Gasteiger partial charge in [-0.2, -0.15) is 0 Å². The molecular weight excluding hydrogens is 290 g/mol. The summed E-state index contributed by atoms with van der Waals surface area (Å²) in [5.41, 5.74) is 1.96. The predicted molar refractivity (Wildman–Crippen MR) is 80.1 cm³/mol. The molecule has 1 saturated heterocycles. The molecule has 2 heterocycles. The van der Waals surface area contributed by atoms with Gasteiger partial charge in [0.15, 0.2) is 9.84 Å². The van der Waals surface area contributed by atoms with Crippen LogP contribution in [0.15, 0.2) is 24.3 Å². The summed E-state index contributed by atoms with van der Waals surface area (Å²) in [5.74, 6) is -0.746. The number of hydrogen-bond donors (Lipinski definition) is 0. The number of fused-ring (bicyclic) bond motifs is 1. The molecule has 1 fully saturated rings. The molecule has 1 aromatic carbocycles. The maximum atomic E-state index is 12.4. The second-order valence-corrected chi connectivity index (χ2v) is 7.85. The maximum Gasteiger partial charge on any atom is 0.242 e. The number of sulfone groups is 1. The van der Waals surface area contributed by atoms with Crippen LogP contribution >= 0.6 is 0 Å². The first-order valence-electron chi connectivity index (χ1n) is 7.25. The predicted octanol–water partition coefficient (Wildman–Crippen LogP) is 1.17. The van der Waals surface area contributed by atoms with Crippen LogP contribution in [0, 0.1) is 0 Å². The van der Waals surface area contributed by atoms with Crippen molar-refractivity contribution in [1.29, 1.82) is 0 Å². The number of aryl methyl sites for hydroxylation is 1. The van der Waals surface area contributed by atoms with Crippen LogP contribution in [-0.4, -0.2) is 45.1 Å². The summed E-state index contributed by atoms with van der Waals surface area (Å²) in [6, 6.07) is 7.70. The fraction of sp³-hybridized carbons (Fsp3) is 0.533. The van der Waals surface area contributed by atoms with E-state index in [1.165, 1.54) is 0 Å². The summed E-state index contributed by atoms with van der Waals surface area (Å²) >= 11 is 0. The lowest BCUT2D eigenvalue weighted by Gasteiger charge is -2.29. The Kier molecular flexibility index (Phi) is 3.99. The molecule has 0 saturated carbocycles. The fourth-order valence-corrected chi connectivity index (χ4v) is 4.45. The van der Waals surface area contributed by atoms with Crippen LogP contribution in [0.5, 0.6) is 0 Å². The second kappa shape index (κ2) is 5.77. The summed E-state index contributed by atoms with van der Waals surface area (Å²) in [6.07, 6.45) is 2.30. The van der Waals surface area contributed by atoms with Gasteiger partial charge in [-0.25, -0.2) is 8.42 Å². The number of carbonyl (C=O) groups excluding carboxylic acids is 1. The molecule has 5 nitrogen and oxygen atoms in total. The van der Waals surface area contributed by atoms with Crippen molar-refractivity contribution in [2.45, 2.75) is 24.5 Å². The Labute approximate surface area is 124 Å². The van der Waals surface area contributed by atoms with E-state index in [0.717, 1.165) is 24.1 Å². The number of rotatable bonds is 3. The molecule has 6 heteroatoms. The molecule has 2 aliphatic rings. The third-order valence-electron chi connectivity index (χ3n) is 4.13. The van der Waals surface area contributed by atoms with Gasteiger partial charge in [0.05, 0.1) is 11.9 Å². The van der Waals surface area contributed by atoms with E-state index in [1.807, 2.05) is 24.3 Å². The molecule has 3 rings (SSSR count). The van der Waals surface area contributed by atoms with E-state index in [1.54, 1.807) is 4.90 Å². The highest BCUT2D eigenvalue weighted by atomic mass is 32.2. The van der Waals surface area contributed by atoms with E-state index in [9.17, 15) is 13.2 Å². The molecule has 0 spiro atoms. The van der Waals surface area contributed by atoms with Crippen molar-refractivity contribution in [1.82, 2.24) is 0 Å². The highest BCUT2D eigenvalue weighted by Crippen LogP contribution is 2.27. The van der Waals surface area contributed by atoms with Gasteiger partial charge in [0.2, 0.25) is 5.91 Å². The van der Waals surface area contributed by atoms with Crippen molar-refractivity contribution in [3.63, 3.8) is 0 Å². The zero-order valence-corrected chi connectivity index (χ0v) is 12.6. The lowest BCUT2D eigenvalue weighted by atomic mass is 10.0. The number of hydrogen-bond acceptors (Lipinski definition) is 4. The van der Waals surface area contributed by atoms with Crippen LogP contribution < -0.4 is 4.90 Å². The lowest BCUT2D eigenvalue weighted by Crippen LogP contribution is -2.41. The summed E-state index contributed by atoms with van der Waals surface area (Å²) in [7, 11) is -3.43. The van der Waals surface area contributed by atoms with Crippen molar-refractivity contribution in [2.75, 3.05) is 30.4 Å². The number of ether oxygens (including phenoxy) is 1. The first kappa shape index (κ1) is 14.5. The van der Waals surface area contributed by atoms with Crippen LogP contribution in [0.4, 0.5) is 5.69 Å². The molecule has 0 aromatic heterocycles. The molecule has 1 amide bonds. The first-order chi connectivity index (χ1) is 10.1. The van der Waals surface area contributed by atoms with Crippen molar-refractivity contribution in [3.8, 4) is 0 Å². The number of amides is 1. The Bertz CT molecular complexity index is 635. The average Bonchev–Trinajstić information content (AvgIpc) is 3.01. The zero-order chi connectivity index (χ0) is 14.9. The van der Waals surface area contributed by atoms with E-state index in [2.05, 4.69) is 0 Å².